The lowest BCUT2D eigenvalue weighted by Gasteiger charge is -2.21. The first-order valence-corrected chi connectivity index (χ1v) is 15.1. The SMILES string of the molecule is CCC(CO)OC(COC(=O)NCCC(=O)NCCNC(=O)CCOCCOCCNC(=O)CCN1C(=O)CC(C)C1=O)OC. The fourth-order valence-electron chi connectivity index (χ4n) is 3.83. The average Bonchev–Trinajstić information content (AvgIpc) is 3.26. The first kappa shape index (κ1) is 39.6. The van der Waals surface area contributed by atoms with Gasteiger partial charge in [0.2, 0.25) is 29.5 Å². The number of hydrogen-bond donors (Lipinski definition) is 5. The number of ether oxygens (including phenoxy) is 5. The molecule has 0 spiro atoms. The fourth-order valence-corrected chi connectivity index (χ4v) is 3.83. The van der Waals surface area contributed by atoms with E-state index in [-0.39, 0.29) is 134 Å². The lowest BCUT2D eigenvalue weighted by molar-refractivity contribution is -0.181. The molecule has 0 radical (unpaired) electrons. The first-order chi connectivity index (χ1) is 21.6. The number of aliphatic hydroxyl groups is 1. The molecule has 0 aliphatic carbocycles. The minimum Gasteiger partial charge on any atom is -0.444 e. The number of hydrogen-bond acceptors (Lipinski definition) is 12. The van der Waals surface area contributed by atoms with Gasteiger partial charge < -0.3 is 50.1 Å². The molecule has 1 fully saturated rings. The van der Waals surface area contributed by atoms with E-state index in [2.05, 4.69) is 21.3 Å². The highest BCUT2D eigenvalue weighted by atomic mass is 16.7. The molecule has 45 heavy (non-hydrogen) atoms. The molecule has 3 unspecified atom stereocenters. The number of methoxy groups -OCH3 is 1. The van der Waals surface area contributed by atoms with Crippen molar-refractivity contribution >= 4 is 35.6 Å². The van der Waals surface area contributed by atoms with Gasteiger partial charge in [-0.2, -0.15) is 0 Å². The van der Waals surface area contributed by atoms with Gasteiger partial charge in [0.1, 0.15) is 6.61 Å². The van der Waals surface area contributed by atoms with E-state index in [1.54, 1.807) is 6.92 Å². The Morgan fingerprint density at radius 3 is 2.09 bits per heavy atom. The summed E-state index contributed by atoms with van der Waals surface area (Å²) in [6.07, 6.45) is -1.06. The molecule has 0 saturated carbocycles. The van der Waals surface area contributed by atoms with Crippen molar-refractivity contribution in [1.29, 1.82) is 0 Å². The molecule has 1 aliphatic rings. The Hall–Kier alpha value is -3.38. The van der Waals surface area contributed by atoms with Crippen molar-refractivity contribution in [3.63, 3.8) is 0 Å². The minimum atomic E-state index is -0.823. The molecule has 1 aliphatic heterocycles. The molecule has 1 heterocycles. The number of nitrogens with zero attached hydrogens (tertiary/aromatic N) is 1. The minimum absolute atomic E-state index is 0.0143. The predicted molar refractivity (Wildman–Crippen MR) is 157 cm³/mol. The smallest absolute Gasteiger partial charge is 0.407 e. The van der Waals surface area contributed by atoms with Crippen LogP contribution in [0.2, 0.25) is 0 Å². The van der Waals surface area contributed by atoms with E-state index >= 15 is 0 Å². The number of carbonyl (C=O) groups excluding carboxylic acids is 6. The number of aliphatic hydroxyl groups excluding tert-OH is 1. The standard InChI is InChI=1S/C28H49N5O12/c1-4-21(18-34)45-26(41-3)19-44-28(40)32-8-5-22(35)29-9-10-30-24(37)7-13-42-15-16-43-14-11-31-23(36)6-12-33-25(38)17-20(2)27(33)39/h20-21,26,34H,4-19H2,1-3H3,(H,29,35)(H,30,37)(H,31,36)(H,32,40). The quantitative estimate of drug-likeness (QED) is 0.0431. The topological polar surface area (TPSA) is 220 Å². The van der Waals surface area contributed by atoms with Crippen LogP contribution in [0.3, 0.4) is 0 Å². The molecule has 0 aromatic rings. The number of nitrogens with one attached hydrogen (secondary N) is 4. The third-order valence-corrected chi connectivity index (χ3v) is 6.45. The van der Waals surface area contributed by atoms with E-state index in [0.717, 1.165) is 4.90 Å². The summed E-state index contributed by atoms with van der Waals surface area (Å²) in [4.78, 5) is 72.1. The van der Waals surface area contributed by atoms with Crippen LogP contribution in [0.1, 0.15) is 46.0 Å². The van der Waals surface area contributed by atoms with Crippen molar-refractivity contribution in [3.05, 3.63) is 0 Å². The van der Waals surface area contributed by atoms with Gasteiger partial charge in [0.15, 0.2) is 6.29 Å². The van der Waals surface area contributed by atoms with Crippen molar-refractivity contribution < 1.29 is 57.6 Å². The third-order valence-electron chi connectivity index (χ3n) is 6.45. The Labute approximate surface area is 263 Å². The lowest BCUT2D eigenvalue weighted by atomic mass is 10.1. The molecule has 3 atom stereocenters. The summed E-state index contributed by atoms with van der Waals surface area (Å²) in [5.41, 5.74) is 0. The maximum atomic E-state index is 11.9. The van der Waals surface area contributed by atoms with Crippen LogP contribution >= 0.6 is 0 Å². The summed E-state index contributed by atoms with van der Waals surface area (Å²) in [6, 6.07) is 0. The number of alkyl carbamates (subject to hydrolysis) is 1. The van der Waals surface area contributed by atoms with Crippen LogP contribution in [0.25, 0.3) is 0 Å². The molecule has 0 bridgehead atoms. The normalized spacial score (nSPS) is 15.8. The average molecular weight is 648 g/mol. The molecule has 0 aromatic carbocycles. The lowest BCUT2D eigenvalue weighted by Crippen LogP contribution is -2.37. The van der Waals surface area contributed by atoms with Gasteiger partial charge in [0.25, 0.3) is 0 Å². The maximum Gasteiger partial charge on any atom is 0.407 e. The Kier molecular flexibility index (Phi) is 21.1. The van der Waals surface area contributed by atoms with E-state index in [1.165, 1.54) is 7.11 Å². The monoisotopic (exact) mass is 647 g/mol. The molecule has 258 valence electrons. The second kappa shape index (κ2) is 23.9. The Balaban J connectivity index is 1.93. The van der Waals surface area contributed by atoms with E-state index in [9.17, 15) is 28.8 Å². The summed E-state index contributed by atoms with van der Waals surface area (Å²) in [7, 11) is 1.39. The maximum absolute atomic E-state index is 11.9. The molecule has 1 saturated heterocycles. The zero-order valence-corrected chi connectivity index (χ0v) is 26.4. The van der Waals surface area contributed by atoms with Crippen molar-refractivity contribution in [1.82, 2.24) is 26.2 Å². The zero-order valence-electron chi connectivity index (χ0n) is 26.4. The van der Waals surface area contributed by atoms with Gasteiger partial charge in [-0.1, -0.05) is 13.8 Å². The molecule has 6 amide bonds. The van der Waals surface area contributed by atoms with E-state index in [0.29, 0.717) is 6.42 Å². The second-order valence-corrected chi connectivity index (χ2v) is 10.1. The summed E-state index contributed by atoms with van der Waals surface area (Å²) in [6.45, 7) is 4.98. The Morgan fingerprint density at radius 1 is 0.867 bits per heavy atom. The molecule has 17 nitrogen and oxygen atoms in total. The summed E-state index contributed by atoms with van der Waals surface area (Å²) >= 11 is 0. The van der Waals surface area contributed by atoms with Crippen LogP contribution in [0, 0.1) is 5.92 Å². The number of imide groups is 1. The summed E-state index contributed by atoms with van der Waals surface area (Å²) < 4.78 is 26.2. The van der Waals surface area contributed by atoms with Gasteiger partial charge in [0, 0.05) is 71.4 Å². The predicted octanol–water partition coefficient (Wildman–Crippen LogP) is -1.58. The van der Waals surface area contributed by atoms with E-state index in [4.69, 9.17) is 28.8 Å². The fraction of sp³-hybridized carbons (Fsp3) is 0.786. The van der Waals surface area contributed by atoms with Gasteiger partial charge in [0.05, 0.1) is 39.1 Å². The molecular formula is C28H49N5O12. The molecule has 5 N–H and O–H groups in total. The van der Waals surface area contributed by atoms with E-state index in [1.807, 2.05) is 6.92 Å². The number of likely N-dealkylation sites (tertiary alicyclic amines) is 1. The summed E-state index contributed by atoms with van der Waals surface area (Å²) in [5.74, 6) is -1.66. The van der Waals surface area contributed by atoms with Crippen molar-refractivity contribution in [2.24, 2.45) is 5.92 Å². The van der Waals surface area contributed by atoms with Crippen LogP contribution in [0.15, 0.2) is 0 Å². The van der Waals surface area contributed by atoms with Crippen LogP contribution in [-0.2, 0) is 47.7 Å². The van der Waals surface area contributed by atoms with Crippen molar-refractivity contribution in [3.8, 4) is 0 Å². The van der Waals surface area contributed by atoms with Crippen LogP contribution in [-0.4, -0.2) is 138 Å². The van der Waals surface area contributed by atoms with Crippen LogP contribution in [0.4, 0.5) is 4.79 Å². The number of rotatable bonds is 25. The number of carbonyl (C=O) groups is 6. The van der Waals surface area contributed by atoms with Gasteiger partial charge in [-0.3, -0.25) is 28.9 Å². The molecular weight excluding hydrogens is 598 g/mol. The second-order valence-electron chi connectivity index (χ2n) is 10.1. The Morgan fingerprint density at radius 2 is 1.49 bits per heavy atom. The van der Waals surface area contributed by atoms with E-state index < -0.39 is 18.5 Å². The number of amides is 6. The molecule has 0 aromatic heterocycles. The zero-order chi connectivity index (χ0) is 33.5. The van der Waals surface area contributed by atoms with Crippen molar-refractivity contribution in [2.45, 2.75) is 58.3 Å². The Bertz CT molecular complexity index is 934. The highest BCUT2D eigenvalue weighted by Crippen LogP contribution is 2.18. The first-order valence-electron chi connectivity index (χ1n) is 15.1. The van der Waals surface area contributed by atoms with Gasteiger partial charge >= 0.3 is 6.09 Å². The van der Waals surface area contributed by atoms with Crippen LogP contribution in [0.5, 0.6) is 0 Å². The van der Waals surface area contributed by atoms with Crippen LogP contribution < -0.4 is 21.3 Å². The van der Waals surface area contributed by atoms with Gasteiger partial charge in [-0.25, -0.2) is 4.79 Å². The summed E-state index contributed by atoms with van der Waals surface area (Å²) in [5, 5.41) is 19.5. The van der Waals surface area contributed by atoms with Gasteiger partial charge in [-0.15, -0.1) is 0 Å². The largest absolute Gasteiger partial charge is 0.444 e. The molecule has 17 heteroatoms. The van der Waals surface area contributed by atoms with Crippen molar-refractivity contribution in [2.75, 3.05) is 79.5 Å². The molecule has 1 rings (SSSR count). The highest BCUT2D eigenvalue weighted by Gasteiger charge is 2.35. The third kappa shape index (κ3) is 18.2. The van der Waals surface area contributed by atoms with Gasteiger partial charge in [-0.05, 0) is 6.42 Å². The highest BCUT2D eigenvalue weighted by molar-refractivity contribution is 6.03.